The molecule has 4 heterocycles. The molecule has 0 radical (unpaired) electrons. The molecule has 0 aromatic carbocycles. The molecule has 4 aromatic heterocycles. The summed E-state index contributed by atoms with van der Waals surface area (Å²) in [5.41, 5.74) is 2.79. The first kappa shape index (κ1) is 18.7. The molecule has 0 saturated carbocycles. The summed E-state index contributed by atoms with van der Waals surface area (Å²) in [6.07, 6.45) is 6.72. The number of aromatic nitrogens is 6. The normalized spacial score (nSPS) is 11.3. The minimum atomic E-state index is -0.446. The minimum absolute atomic E-state index is 0.00760. The smallest absolute Gasteiger partial charge is 0.210 e. The Bertz CT molecular complexity index is 1140. The van der Waals surface area contributed by atoms with Crippen LogP contribution < -0.4 is 5.32 Å². The third-order valence-corrected chi connectivity index (χ3v) is 4.46. The quantitative estimate of drug-likeness (QED) is 0.518. The first-order chi connectivity index (χ1) is 14.0. The molecule has 0 unspecified atom stereocenters. The molecule has 0 saturated heterocycles. The Balaban J connectivity index is 1.68. The largest absolute Gasteiger partial charge is 0.493 e. The predicted molar refractivity (Wildman–Crippen MR) is 107 cm³/mol. The molecule has 148 valence electrons. The molecular formula is C20H20FN7O. The molecule has 0 aliphatic carbocycles. The van der Waals surface area contributed by atoms with Gasteiger partial charge in [-0.15, -0.1) is 0 Å². The zero-order chi connectivity index (χ0) is 20.4. The maximum atomic E-state index is 13.7. The number of anilines is 1. The lowest BCUT2D eigenvalue weighted by Crippen LogP contribution is -2.09. The van der Waals surface area contributed by atoms with Gasteiger partial charge in [0.25, 0.3) is 0 Å². The summed E-state index contributed by atoms with van der Waals surface area (Å²) < 4.78 is 15.6. The third-order valence-electron chi connectivity index (χ3n) is 4.46. The van der Waals surface area contributed by atoms with Crippen molar-refractivity contribution in [1.29, 1.82) is 0 Å². The number of rotatable bonds is 6. The Morgan fingerprint density at radius 2 is 2.00 bits per heavy atom. The molecule has 4 aromatic rings. The van der Waals surface area contributed by atoms with E-state index in [1.807, 2.05) is 24.5 Å². The van der Waals surface area contributed by atoms with Crippen molar-refractivity contribution in [3.63, 3.8) is 0 Å². The van der Waals surface area contributed by atoms with Gasteiger partial charge in [0.2, 0.25) is 5.88 Å². The standard InChI is InChI=1S/C20H20FN7O/c1-12(2)28-11-25-17-19(23-6-5-13-3-4-16(29)24-8-13)26-18(27-20(17)28)14-7-15(21)10-22-9-14/h3-4,7-12H,5-6H2,1-2H3,(H,24,29)(H,23,26,27). The summed E-state index contributed by atoms with van der Waals surface area (Å²) in [5.74, 6) is 0.491. The fourth-order valence-corrected chi connectivity index (χ4v) is 2.97. The van der Waals surface area contributed by atoms with Crippen LogP contribution in [0.3, 0.4) is 0 Å². The van der Waals surface area contributed by atoms with Crippen LogP contribution in [-0.4, -0.2) is 41.1 Å². The van der Waals surface area contributed by atoms with Gasteiger partial charge in [-0.3, -0.25) is 4.98 Å². The summed E-state index contributed by atoms with van der Waals surface area (Å²) in [6, 6.07) is 4.88. The first-order valence-electron chi connectivity index (χ1n) is 9.24. The molecule has 2 N–H and O–H groups in total. The number of hydrogen-bond donors (Lipinski definition) is 2. The molecule has 0 bridgehead atoms. The monoisotopic (exact) mass is 393 g/mol. The van der Waals surface area contributed by atoms with Gasteiger partial charge in [-0.2, -0.15) is 0 Å². The Hall–Kier alpha value is -3.62. The Kier molecular flexibility index (Phi) is 5.03. The predicted octanol–water partition coefficient (Wildman–Crippen LogP) is 3.36. The molecule has 29 heavy (non-hydrogen) atoms. The summed E-state index contributed by atoms with van der Waals surface area (Å²) in [4.78, 5) is 21.4. The van der Waals surface area contributed by atoms with Gasteiger partial charge in [-0.25, -0.2) is 24.3 Å². The Labute approximate surface area is 166 Å². The van der Waals surface area contributed by atoms with Crippen LogP contribution in [0.5, 0.6) is 5.88 Å². The van der Waals surface area contributed by atoms with Crippen molar-refractivity contribution in [3.05, 3.63) is 54.5 Å². The van der Waals surface area contributed by atoms with Crippen LogP contribution in [0.15, 0.2) is 43.1 Å². The number of nitrogens with one attached hydrogen (secondary N) is 1. The van der Waals surface area contributed by atoms with Crippen LogP contribution in [-0.2, 0) is 6.42 Å². The minimum Gasteiger partial charge on any atom is -0.493 e. The third kappa shape index (κ3) is 3.98. The van der Waals surface area contributed by atoms with Gasteiger partial charge in [0, 0.05) is 36.6 Å². The second-order valence-electron chi connectivity index (χ2n) is 6.91. The van der Waals surface area contributed by atoms with Crippen LogP contribution in [0, 0.1) is 5.82 Å². The van der Waals surface area contributed by atoms with E-state index in [1.165, 1.54) is 12.3 Å². The van der Waals surface area contributed by atoms with Crippen molar-refractivity contribution in [2.45, 2.75) is 26.3 Å². The van der Waals surface area contributed by atoms with E-state index in [0.717, 1.165) is 11.8 Å². The zero-order valence-electron chi connectivity index (χ0n) is 16.0. The van der Waals surface area contributed by atoms with Crippen LogP contribution in [0.25, 0.3) is 22.6 Å². The van der Waals surface area contributed by atoms with Crippen LogP contribution in [0.1, 0.15) is 25.5 Å². The molecule has 4 rings (SSSR count). The molecule has 0 aliphatic rings. The maximum absolute atomic E-state index is 13.7. The number of aromatic hydroxyl groups is 1. The van der Waals surface area contributed by atoms with Gasteiger partial charge >= 0.3 is 0 Å². The molecule has 0 amide bonds. The molecular weight excluding hydrogens is 373 g/mol. The van der Waals surface area contributed by atoms with E-state index < -0.39 is 5.82 Å². The lowest BCUT2D eigenvalue weighted by atomic mass is 10.2. The SMILES string of the molecule is CC(C)n1cnc2c(NCCc3ccc(O)nc3)nc(-c3cncc(F)c3)nc21. The summed E-state index contributed by atoms with van der Waals surface area (Å²) >= 11 is 0. The fraction of sp³-hybridized carbons (Fsp3) is 0.250. The highest BCUT2D eigenvalue weighted by molar-refractivity contribution is 5.85. The van der Waals surface area contributed by atoms with E-state index in [1.54, 1.807) is 18.6 Å². The van der Waals surface area contributed by atoms with Gasteiger partial charge in [0.1, 0.15) is 11.3 Å². The lowest BCUT2D eigenvalue weighted by Gasteiger charge is -2.11. The van der Waals surface area contributed by atoms with E-state index in [0.29, 0.717) is 41.3 Å². The molecule has 9 heteroatoms. The van der Waals surface area contributed by atoms with Gasteiger partial charge in [-0.05, 0) is 31.9 Å². The zero-order valence-corrected chi connectivity index (χ0v) is 16.0. The second kappa shape index (κ2) is 7.78. The van der Waals surface area contributed by atoms with Crippen molar-refractivity contribution in [2.24, 2.45) is 0 Å². The van der Waals surface area contributed by atoms with E-state index in [9.17, 15) is 9.50 Å². The number of halogens is 1. The fourth-order valence-electron chi connectivity index (χ4n) is 2.97. The van der Waals surface area contributed by atoms with Gasteiger partial charge in [0.05, 0.1) is 12.5 Å². The second-order valence-corrected chi connectivity index (χ2v) is 6.91. The highest BCUT2D eigenvalue weighted by Crippen LogP contribution is 2.26. The van der Waals surface area contributed by atoms with E-state index >= 15 is 0 Å². The first-order valence-corrected chi connectivity index (χ1v) is 9.24. The number of nitrogens with zero attached hydrogens (tertiary/aromatic N) is 6. The van der Waals surface area contributed by atoms with Crippen LogP contribution >= 0.6 is 0 Å². The lowest BCUT2D eigenvalue weighted by molar-refractivity contribution is 0.453. The highest BCUT2D eigenvalue weighted by atomic mass is 19.1. The van der Waals surface area contributed by atoms with E-state index in [2.05, 4.69) is 30.2 Å². The topological polar surface area (TPSA) is 102 Å². The summed E-state index contributed by atoms with van der Waals surface area (Å²) in [7, 11) is 0. The van der Waals surface area contributed by atoms with Gasteiger partial charge in [-0.1, -0.05) is 6.07 Å². The molecule has 0 spiro atoms. The molecule has 0 fully saturated rings. The number of hydrogen-bond acceptors (Lipinski definition) is 7. The van der Waals surface area contributed by atoms with Crippen LogP contribution in [0.4, 0.5) is 10.2 Å². The van der Waals surface area contributed by atoms with Crippen molar-refractivity contribution in [1.82, 2.24) is 29.5 Å². The average Bonchev–Trinajstić information content (AvgIpc) is 3.14. The van der Waals surface area contributed by atoms with E-state index in [4.69, 9.17) is 0 Å². The van der Waals surface area contributed by atoms with Crippen LogP contribution in [0.2, 0.25) is 0 Å². The average molecular weight is 393 g/mol. The van der Waals surface area contributed by atoms with E-state index in [-0.39, 0.29) is 11.9 Å². The number of fused-ring (bicyclic) bond motifs is 1. The molecule has 8 nitrogen and oxygen atoms in total. The number of imidazole rings is 1. The highest BCUT2D eigenvalue weighted by Gasteiger charge is 2.16. The van der Waals surface area contributed by atoms with Gasteiger partial charge in [0.15, 0.2) is 17.3 Å². The van der Waals surface area contributed by atoms with Crippen molar-refractivity contribution in [2.75, 3.05) is 11.9 Å². The Morgan fingerprint density at radius 3 is 2.72 bits per heavy atom. The Morgan fingerprint density at radius 1 is 1.14 bits per heavy atom. The van der Waals surface area contributed by atoms with Crippen molar-refractivity contribution >= 4 is 17.0 Å². The van der Waals surface area contributed by atoms with Crippen molar-refractivity contribution < 1.29 is 9.50 Å². The number of pyridine rings is 2. The van der Waals surface area contributed by atoms with Gasteiger partial charge < -0.3 is 15.0 Å². The summed E-state index contributed by atoms with van der Waals surface area (Å²) in [5, 5.41) is 12.6. The molecule has 0 aliphatic heterocycles. The maximum Gasteiger partial charge on any atom is 0.210 e. The van der Waals surface area contributed by atoms with Crippen molar-refractivity contribution in [3.8, 4) is 17.3 Å². The summed E-state index contributed by atoms with van der Waals surface area (Å²) in [6.45, 7) is 4.66. The molecule has 0 atom stereocenters.